The molecule has 1 aromatic heterocycles. The van der Waals surface area contributed by atoms with Crippen LogP contribution in [0.3, 0.4) is 0 Å². The number of nitrogens with zero attached hydrogens (tertiary/aromatic N) is 2. The van der Waals surface area contributed by atoms with Crippen molar-refractivity contribution >= 4 is 16.6 Å². The Morgan fingerprint density at radius 2 is 2.12 bits per heavy atom. The van der Waals surface area contributed by atoms with Crippen molar-refractivity contribution < 1.29 is 4.74 Å². The monoisotopic (exact) mass is 323 g/mol. The molecular formula is C20H25N3O. The van der Waals surface area contributed by atoms with Crippen LogP contribution < -0.4 is 5.32 Å². The largest absolute Gasteiger partial charge is 0.380 e. The van der Waals surface area contributed by atoms with E-state index in [2.05, 4.69) is 30.2 Å². The Kier molecular flexibility index (Phi) is 5.32. The van der Waals surface area contributed by atoms with Crippen molar-refractivity contribution in [2.24, 2.45) is 5.92 Å². The highest BCUT2D eigenvalue weighted by molar-refractivity contribution is 5.93. The molecule has 4 heteroatoms. The van der Waals surface area contributed by atoms with Gasteiger partial charge in [0.05, 0.1) is 22.9 Å². The molecule has 3 rings (SSSR count). The van der Waals surface area contributed by atoms with Gasteiger partial charge in [-0.15, -0.1) is 0 Å². The molecule has 0 radical (unpaired) electrons. The molecule has 2 aromatic rings. The summed E-state index contributed by atoms with van der Waals surface area (Å²) in [6.07, 6.45) is 6.24. The summed E-state index contributed by atoms with van der Waals surface area (Å²) < 4.78 is 6.02. The van der Waals surface area contributed by atoms with Gasteiger partial charge >= 0.3 is 0 Å². The van der Waals surface area contributed by atoms with Gasteiger partial charge in [0.15, 0.2) is 0 Å². The molecule has 1 saturated heterocycles. The number of rotatable bonds is 5. The molecule has 1 aromatic carbocycles. The summed E-state index contributed by atoms with van der Waals surface area (Å²) in [7, 11) is 0. The summed E-state index contributed by atoms with van der Waals surface area (Å²) in [6.45, 7) is 5.25. The van der Waals surface area contributed by atoms with Gasteiger partial charge in [-0.3, -0.25) is 4.98 Å². The lowest BCUT2D eigenvalue weighted by Gasteiger charge is -2.35. The number of hydrogen-bond donors (Lipinski definition) is 1. The van der Waals surface area contributed by atoms with Gasteiger partial charge in [0, 0.05) is 24.2 Å². The first-order valence-electron chi connectivity index (χ1n) is 8.92. The maximum atomic E-state index is 9.47. The molecule has 1 N–H and O–H groups in total. The zero-order valence-electron chi connectivity index (χ0n) is 14.5. The smallest absolute Gasteiger partial charge is 0.103 e. The predicted molar refractivity (Wildman–Crippen MR) is 96.9 cm³/mol. The van der Waals surface area contributed by atoms with Crippen LogP contribution in [0.2, 0.25) is 0 Å². The van der Waals surface area contributed by atoms with Gasteiger partial charge in [0.25, 0.3) is 0 Å². The molecule has 2 heterocycles. The van der Waals surface area contributed by atoms with Crippen molar-refractivity contribution in [1.29, 1.82) is 5.26 Å². The standard InChI is InChI=1S/C20H25N3O/c1-3-14(4-2)19-11-16(9-10-24-19)23-20-15(12-21)13-22-18-8-6-5-7-17(18)20/h5-8,13-14,16,19H,3-4,9-11H2,1-2H3,(H,22,23). The zero-order valence-corrected chi connectivity index (χ0v) is 14.5. The molecule has 0 saturated carbocycles. The second kappa shape index (κ2) is 7.63. The molecule has 0 bridgehead atoms. The lowest BCUT2D eigenvalue weighted by atomic mass is 9.89. The van der Waals surface area contributed by atoms with Gasteiger partial charge in [0.2, 0.25) is 0 Å². The van der Waals surface area contributed by atoms with E-state index in [1.807, 2.05) is 24.3 Å². The molecule has 1 aliphatic heterocycles. The minimum absolute atomic E-state index is 0.310. The number of para-hydroxylation sites is 1. The number of aromatic nitrogens is 1. The summed E-state index contributed by atoms with van der Waals surface area (Å²) in [4.78, 5) is 4.39. The van der Waals surface area contributed by atoms with Gasteiger partial charge < -0.3 is 10.1 Å². The Morgan fingerprint density at radius 3 is 2.88 bits per heavy atom. The molecule has 0 amide bonds. The number of pyridine rings is 1. The topological polar surface area (TPSA) is 57.9 Å². The SMILES string of the molecule is CCC(CC)C1CC(Nc2c(C#N)cnc3ccccc23)CCO1. The van der Waals surface area contributed by atoms with Crippen molar-refractivity contribution in [2.75, 3.05) is 11.9 Å². The zero-order chi connectivity index (χ0) is 16.9. The molecule has 1 aliphatic rings. The van der Waals surface area contributed by atoms with Crippen LogP contribution in [0.15, 0.2) is 30.5 Å². The summed E-state index contributed by atoms with van der Waals surface area (Å²) >= 11 is 0. The highest BCUT2D eigenvalue weighted by atomic mass is 16.5. The van der Waals surface area contributed by atoms with Gasteiger partial charge in [-0.2, -0.15) is 5.26 Å². The molecule has 24 heavy (non-hydrogen) atoms. The van der Waals surface area contributed by atoms with E-state index in [1.54, 1.807) is 6.20 Å². The van der Waals surface area contributed by atoms with Crippen LogP contribution in [0.1, 0.15) is 45.1 Å². The van der Waals surface area contributed by atoms with Crippen LogP contribution >= 0.6 is 0 Å². The average Bonchev–Trinajstić information content (AvgIpc) is 2.63. The molecule has 0 spiro atoms. The number of ether oxygens (including phenoxy) is 1. The third-order valence-corrected chi connectivity index (χ3v) is 5.13. The van der Waals surface area contributed by atoms with Gasteiger partial charge in [-0.25, -0.2) is 0 Å². The summed E-state index contributed by atoms with van der Waals surface area (Å²) in [5.74, 6) is 0.610. The van der Waals surface area contributed by atoms with Crippen LogP contribution in [-0.4, -0.2) is 23.7 Å². The number of nitriles is 1. The van der Waals surface area contributed by atoms with Gasteiger partial charge in [-0.1, -0.05) is 44.9 Å². The van der Waals surface area contributed by atoms with Crippen LogP contribution in [0.25, 0.3) is 10.9 Å². The van der Waals surface area contributed by atoms with Crippen molar-refractivity contribution in [3.63, 3.8) is 0 Å². The lowest BCUT2D eigenvalue weighted by molar-refractivity contribution is -0.0270. The Hall–Kier alpha value is -2.12. The first kappa shape index (κ1) is 16.7. The Balaban J connectivity index is 1.85. The minimum Gasteiger partial charge on any atom is -0.380 e. The fourth-order valence-corrected chi connectivity index (χ4v) is 3.69. The normalized spacial score (nSPS) is 20.9. The first-order valence-corrected chi connectivity index (χ1v) is 8.92. The lowest BCUT2D eigenvalue weighted by Crippen LogP contribution is -2.38. The van der Waals surface area contributed by atoms with Crippen molar-refractivity contribution in [3.05, 3.63) is 36.0 Å². The van der Waals surface area contributed by atoms with E-state index in [1.165, 1.54) is 0 Å². The molecule has 2 atom stereocenters. The predicted octanol–water partition coefficient (Wildman–Crippen LogP) is 4.50. The number of anilines is 1. The number of benzene rings is 1. The molecule has 2 unspecified atom stereocenters. The van der Waals surface area contributed by atoms with E-state index < -0.39 is 0 Å². The van der Waals surface area contributed by atoms with E-state index >= 15 is 0 Å². The highest BCUT2D eigenvalue weighted by Crippen LogP contribution is 2.30. The number of hydrogen-bond acceptors (Lipinski definition) is 4. The third-order valence-electron chi connectivity index (χ3n) is 5.13. The second-order valence-corrected chi connectivity index (χ2v) is 6.53. The van der Waals surface area contributed by atoms with E-state index in [0.29, 0.717) is 23.6 Å². The van der Waals surface area contributed by atoms with Gasteiger partial charge in [-0.05, 0) is 24.8 Å². The maximum Gasteiger partial charge on any atom is 0.103 e. The molecular weight excluding hydrogens is 298 g/mol. The fraction of sp³-hybridized carbons (Fsp3) is 0.500. The first-order chi connectivity index (χ1) is 11.8. The second-order valence-electron chi connectivity index (χ2n) is 6.53. The molecule has 0 aliphatic carbocycles. The van der Waals surface area contributed by atoms with E-state index in [4.69, 9.17) is 4.74 Å². The molecule has 1 fully saturated rings. The summed E-state index contributed by atoms with van der Waals surface area (Å²) in [5.41, 5.74) is 2.44. The minimum atomic E-state index is 0.310. The quantitative estimate of drug-likeness (QED) is 0.880. The van der Waals surface area contributed by atoms with Crippen molar-refractivity contribution in [3.8, 4) is 6.07 Å². The number of fused-ring (bicyclic) bond motifs is 1. The van der Waals surface area contributed by atoms with Crippen LogP contribution in [-0.2, 0) is 4.74 Å². The highest BCUT2D eigenvalue weighted by Gasteiger charge is 2.28. The molecule has 126 valence electrons. The van der Waals surface area contributed by atoms with E-state index in [0.717, 1.165) is 48.9 Å². The van der Waals surface area contributed by atoms with Gasteiger partial charge in [0.1, 0.15) is 6.07 Å². The summed E-state index contributed by atoms with van der Waals surface area (Å²) in [6, 6.07) is 10.6. The Morgan fingerprint density at radius 1 is 1.33 bits per heavy atom. The fourth-order valence-electron chi connectivity index (χ4n) is 3.69. The van der Waals surface area contributed by atoms with Crippen LogP contribution in [0.5, 0.6) is 0 Å². The third kappa shape index (κ3) is 3.37. The van der Waals surface area contributed by atoms with Crippen molar-refractivity contribution in [2.45, 2.75) is 51.7 Å². The average molecular weight is 323 g/mol. The van der Waals surface area contributed by atoms with Crippen molar-refractivity contribution in [1.82, 2.24) is 4.98 Å². The summed E-state index contributed by atoms with van der Waals surface area (Å²) in [5, 5.41) is 14.1. The molecule has 4 nitrogen and oxygen atoms in total. The maximum absolute atomic E-state index is 9.47. The Bertz CT molecular complexity index is 733. The van der Waals surface area contributed by atoms with Crippen LogP contribution in [0, 0.1) is 17.2 Å². The van der Waals surface area contributed by atoms with Crippen LogP contribution in [0.4, 0.5) is 5.69 Å². The number of nitrogens with one attached hydrogen (secondary N) is 1. The van der Waals surface area contributed by atoms with E-state index in [9.17, 15) is 5.26 Å². The van der Waals surface area contributed by atoms with E-state index in [-0.39, 0.29) is 0 Å². The Labute approximate surface area is 143 Å².